The van der Waals surface area contributed by atoms with Gasteiger partial charge >= 0.3 is 0 Å². The van der Waals surface area contributed by atoms with Gasteiger partial charge in [0.25, 0.3) is 0 Å². The van der Waals surface area contributed by atoms with Gasteiger partial charge in [-0.25, -0.2) is 0 Å². The normalized spacial score (nSPS) is 15.5. The van der Waals surface area contributed by atoms with Crippen molar-refractivity contribution in [2.24, 2.45) is 0 Å². The van der Waals surface area contributed by atoms with Crippen LogP contribution >= 0.6 is 0 Å². The molecule has 1 heterocycles. The molecular formula is C27H38N4O2. The molecule has 1 aliphatic heterocycles. The molecule has 0 aromatic heterocycles. The molecule has 3 rings (SSSR count). The lowest BCUT2D eigenvalue weighted by Gasteiger charge is -2.21. The Balaban J connectivity index is 1.45. The molecule has 2 aromatic rings. The zero-order valence-electron chi connectivity index (χ0n) is 20.4. The lowest BCUT2D eigenvalue weighted by molar-refractivity contribution is -0.118. The van der Waals surface area contributed by atoms with Crippen LogP contribution in [0.5, 0.6) is 0 Å². The highest BCUT2D eigenvalue weighted by atomic mass is 16.2. The Labute approximate surface area is 198 Å². The van der Waals surface area contributed by atoms with Crippen LogP contribution in [0.4, 0.5) is 11.4 Å². The van der Waals surface area contributed by atoms with Crippen LogP contribution in [0.1, 0.15) is 57.1 Å². The van der Waals surface area contributed by atoms with Gasteiger partial charge in [-0.15, -0.1) is 0 Å². The van der Waals surface area contributed by atoms with Crippen molar-refractivity contribution >= 4 is 23.2 Å². The monoisotopic (exact) mass is 450 g/mol. The Morgan fingerprint density at radius 2 is 1.15 bits per heavy atom. The van der Waals surface area contributed by atoms with E-state index in [0.717, 1.165) is 44.0 Å². The van der Waals surface area contributed by atoms with Crippen molar-refractivity contribution < 1.29 is 9.59 Å². The Bertz CT molecular complexity index is 866. The molecule has 33 heavy (non-hydrogen) atoms. The van der Waals surface area contributed by atoms with E-state index >= 15 is 0 Å². The second-order valence-electron chi connectivity index (χ2n) is 9.56. The van der Waals surface area contributed by atoms with Crippen LogP contribution in [0, 0.1) is 0 Å². The number of carbonyl (C=O) groups excluding carboxylic acids is 2. The maximum absolute atomic E-state index is 12.6. The van der Waals surface area contributed by atoms with Gasteiger partial charge < -0.3 is 10.6 Å². The van der Waals surface area contributed by atoms with Crippen molar-refractivity contribution in [3.63, 3.8) is 0 Å². The first-order valence-electron chi connectivity index (χ1n) is 12.0. The second kappa shape index (κ2) is 12.0. The highest BCUT2D eigenvalue weighted by Gasteiger charge is 2.19. The maximum Gasteiger partial charge on any atom is 0.238 e. The fourth-order valence-electron chi connectivity index (χ4n) is 4.10. The van der Waals surface area contributed by atoms with Crippen molar-refractivity contribution in [1.29, 1.82) is 0 Å². The minimum Gasteiger partial charge on any atom is -0.325 e. The average Bonchev–Trinajstić information content (AvgIpc) is 2.98. The van der Waals surface area contributed by atoms with Crippen LogP contribution in [0.25, 0.3) is 0 Å². The van der Waals surface area contributed by atoms with Gasteiger partial charge in [0, 0.05) is 24.5 Å². The van der Waals surface area contributed by atoms with E-state index in [4.69, 9.17) is 0 Å². The van der Waals surface area contributed by atoms with Crippen molar-refractivity contribution in [3.8, 4) is 0 Å². The number of nitrogens with one attached hydrogen (secondary N) is 2. The predicted molar refractivity (Wildman–Crippen MR) is 136 cm³/mol. The highest BCUT2D eigenvalue weighted by molar-refractivity contribution is 5.93. The van der Waals surface area contributed by atoms with Crippen LogP contribution < -0.4 is 10.6 Å². The number of amides is 2. The SMILES string of the molecule is CC(C)c1cccc(NC(=O)CN2CCCN(CC(=O)Nc3cccc(C(C)C)c3)CC2)c1. The number of hydrogen-bond acceptors (Lipinski definition) is 4. The minimum atomic E-state index is 0.00661. The summed E-state index contributed by atoms with van der Waals surface area (Å²) < 4.78 is 0. The molecule has 178 valence electrons. The van der Waals surface area contributed by atoms with Gasteiger partial charge in [-0.1, -0.05) is 52.0 Å². The van der Waals surface area contributed by atoms with Gasteiger partial charge in [0.1, 0.15) is 0 Å². The fraction of sp³-hybridized carbons (Fsp3) is 0.481. The molecule has 1 saturated heterocycles. The number of anilines is 2. The average molecular weight is 451 g/mol. The quantitative estimate of drug-likeness (QED) is 0.621. The highest BCUT2D eigenvalue weighted by Crippen LogP contribution is 2.19. The molecule has 0 bridgehead atoms. The third-order valence-corrected chi connectivity index (χ3v) is 6.09. The summed E-state index contributed by atoms with van der Waals surface area (Å²) in [5.74, 6) is 0.865. The van der Waals surface area contributed by atoms with Crippen LogP contribution in [0.3, 0.4) is 0 Å². The fourth-order valence-corrected chi connectivity index (χ4v) is 4.10. The summed E-state index contributed by atoms with van der Waals surface area (Å²) in [7, 11) is 0. The van der Waals surface area contributed by atoms with E-state index in [0.29, 0.717) is 24.9 Å². The molecule has 2 aromatic carbocycles. The lowest BCUT2D eigenvalue weighted by atomic mass is 10.0. The smallest absolute Gasteiger partial charge is 0.238 e. The van der Waals surface area contributed by atoms with Gasteiger partial charge in [0.15, 0.2) is 0 Å². The Kier molecular flexibility index (Phi) is 9.03. The standard InChI is InChI=1S/C27H38N4O2/c1-20(2)22-8-5-10-24(16-22)28-26(32)18-30-12-7-13-31(15-14-30)19-27(33)29-25-11-6-9-23(17-25)21(3)4/h5-6,8-11,16-17,20-21H,7,12-15,18-19H2,1-4H3,(H,28,32)(H,29,33). The number of rotatable bonds is 8. The first-order chi connectivity index (χ1) is 15.8. The van der Waals surface area contributed by atoms with Crippen molar-refractivity contribution in [2.75, 3.05) is 49.9 Å². The van der Waals surface area contributed by atoms with E-state index in [1.807, 2.05) is 36.4 Å². The van der Waals surface area contributed by atoms with Gasteiger partial charge in [0.05, 0.1) is 13.1 Å². The first-order valence-corrected chi connectivity index (χ1v) is 12.0. The molecule has 2 N–H and O–H groups in total. The summed E-state index contributed by atoms with van der Waals surface area (Å²) in [5.41, 5.74) is 4.13. The van der Waals surface area contributed by atoms with Crippen molar-refractivity contribution in [3.05, 3.63) is 59.7 Å². The van der Waals surface area contributed by atoms with E-state index in [1.54, 1.807) is 0 Å². The second-order valence-corrected chi connectivity index (χ2v) is 9.56. The molecule has 0 saturated carbocycles. The van der Waals surface area contributed by atoms with E-state index in [-0.39, 0.29) is 11.8 Å². The van der Waals surface area contributed by atoms with Gasteiger partial charge in [0.2, 0.25) is 11.8 Å². The van der Waals surface area contributed by atoms with Crippen LogP contribution in [0.15, 0.2) is 48.5 Å². The summed E-state index contributed by atoms with van der Waals surface area (Å²) >= 11 is 0. The van der Waals surface area contributed by atoms with Crippen LogP contribution in [0.2, 0.25) is 0 Å². The zero-order valence-corrected chi connectivity index (χ0v) is 20.4. The van der Waals surface area contributed by atoms with Gasteiger partial charge in [-0.05, 0) is 66.7 Å². The summed E-state index contributed by atoms with van der Waals surface area (Å²) in [5, 5.41) is 6.06. The minimum absolute atomic E-state index is 0.00661. The summed E-state index contributed by atoms with van der Waals surface area (Å²) in [6.07, 6.45) is 0.937. The van der Waals surface area contributed by atoms with E-state index in [9.17, 15) is 9.59 Å². The molecule has 1 aliphatic rings. The molecule has 0 spiro atoms. The molecule has 0 atom stereocenters. The summed E-state index contributed by atoms with van der Waals surface area (Å²) in [6, 6.07) is 16.1. The van der Waals surface area contributed by atoms with Crippen molar-refractivity contribution in [2.45, 2.75) is 46.0 Å². The number of benzene rings is 2. The summed E-state index contributed by atoms with van der Waals surface area (Å²) in [4.78, 5) is 29.5. The molecule has 0 aliphatic carbocycles. The summed E-state index contributed by atoms with van der Waals surface area (Å²) in [6.45, 7) is 12.6. The Hall–Kier alpha value is -2.70. The largest absolute Gasteiger partial charge is 0.325 e. The van der Waals surface area contributed by atoms with E-state index in [1.165, 1.54) is 11.1 Å². The van der Waals surface area contributed by atoms with Crippen LogP contribution in [-0.2, 0) is 9.59 Å². The maximum atomic E-state index is 12.6. The molecular weight excluding hydrogens is 412 g/mol. The first kappa shape index (κ1) is 24.9. The van der Waals surface area contributed by atoms with Crippen LogP contribution in [-0.4, -0.2) is 60.9 Å². The van der Waals surface area contributed by atoms with Gasteiger partial charge in [-0.2, -0.15) is 0 Å². The van der Waals surface area contributed by atoms with E-state index < -0.39 is 0 Å². The Morgan fingerprint density at radius 3 is 1.55 bits per heavy atom. The predicted octanol–water partition coefficient (Wildman–Crippen LogP) is 4.52. The van der Waals surface area contributed by atoms with Crippen molar-refractivity contribution in [1.82, 2.24) is 9.80 Å². The zero-order chi connectivity index (χ0) is 23.8. The third kappa shape index (κ3) is 7.98. The number of nitrogens with zero attached hydrogens (tertiary/aromatic N) is 2. The Morgan fingerprint density at radius 1 is 0.727 bits per heavy atom. The van der Waals surface area contributed by atoms with Gasteiger partial charge in [-0.3, -0.25) is 19.4 Å². The molecule has 0 radical (unpaired) electrons. The molecule has 6 heteroatoms. The number of carbonyl (C=O) groups is 2. The molecule has 2 amide bonds. The third-order valence-electron chi connectivity index (χ3n) is 6.09. The molecule has 1 fully saturated rings. The molecule has 0 unspecified atom stereocenters. The molecule has 6 nitrogen and oxygen atoms in total. The van der Waals surface area contributed by atoms with E-state index in [2.05, 4.69) is 60.3 Å². The number of hydrogen-bond donors (Lipinski definition) is 2. The lowest BCUT2D eigenvalue weighted by Crippen LogP contribution is -2.38. The topological polar surface area (TPSA) is 64.7 Å².